The largest absolute Gasteiger partial charge is 0.355 e. The summed E-state index contributed by atoms with van der Waals surface area (Å²) in [4.78, 5) is 4.16. The third-order valence-electron chi connectivity index (χ3n) is 3.33. The summed E-state index contributed by atoms with van der Waals surface area (Å²) >= 11 is 3.41. The first kappa shape index (κ1) is 17.4. The van der Waals surface area contributed by atoms with Gasteiger partial charge >= 0.3 is 0 Å². The van der Waals surface area contributed by atoms with Gasteiger partial charge in [0.05, 0.1) is 0 Å². The number of halogens is 2. The summed E-state index contributed by atoms with van der Waals surface area (Å²) in [5.41, 5.74) is 0.833. The molecule has 0 radical (unpaired) electrons. The SMILES string of the molecule is CCc1nncn1CCNC(=NC)NCc1cc(F)ccc1Br. The minimum Gasteiger partial charge on any atom is -0.355 e. The van der Waals surface area contributed by atoms with E-state index < -0.39 is 0 Å². The third-order valence-corrected chi connectivity index (χ3v) is 4.11. The first-order valence-corrected chi connectivity index (χ1v) is 8.18. The summed E-state index contributed by atoms with van der Waals surface area (Å²) in [5.74, 6) is 1.36. The van der Waals surface area contributed by atoms with Gasteiger partial charge in [-0.1, -0.05) is 22.9 Å². The van der Waals surface area contributed by atoms with E-state index in [0.717, 1.165) is 28.8 Å². The van der Waals surface area contributed by atoms with E-state index in [2.05, 4.69) is 41.8 Å². The van der Waals surface area contributed by atoms with Crippen LogP contribution in [-0.4, -0.2) is 34.3 Å². The standard InChI is InChI=1S/C15H20BrFN6/c1-3-14-22-21-10-23(14)7-6-19-15(18-2)20-9-11-8-12(17)4-5-13(11)16/h4-5,8,10H,3,6-7,9H2,1-2H3,(H2,18,19,20). The topological polar surface area (TPSA) is 67.1 Å². The van der Waals surface area contributed by atoms with Crippen LogP contribution < -0.4 is 10.6 Å². The molecule has 1 aromatic carbocycles. The summed E-state index contributed by atoms with van der Waals surface area (Å²) in [6.07, 6.45) is 2.57. The molecule has 0 saturated heterocycles. The van der Waals surface area contributed by atoms with Crippen molar-refractivity contribution in [2.24, 2.45) is 4.99 Å². The minimum atomic E-state index is -0.257. The van der Waals surface area contributed by atoms with Gasteiger partial charge in [-0.2, -0.15) is 0 Å². The number of aryl methyl sites for hydroxylation is 1. The van der Waals surface area contributed by atoms with Crippen molar-refractivity contribution in [2.45, 2.75) is 26.4 Å². The Kier molecular flexibility index (Phi) is 6.52. The Labute approximate surface area is 143 Å². The number of aromatic nitrogens is 3. The molecular weight excluding hydrogens is 363 g/mol. The van der Waals surface area contributed by atoms with Crippen LogP contribution in [0.25, 0.3) is 0 Å². The van der Waals surface area contributed by atoms with Crippen LogP contribution >= 0.6 is 15.9 Å². The van der Waals surface area contributed by atoms with Crippen molar-refractivity contribution in [3.63, 3.8) is 0 Å². The number of nitrogens with zero attached hydrogens (tertiary/aromatic N) is 4. The fourth-order valence-electron chi connectivity index (χ4n) is 2.11. The molecule has 2 rings (SSSR count). The van der Waals surface area contributed by atoms with Gasteiger partial charge in [-0.3, -0.25) is 4.99 Å². The molecule has 1 heterocycles. The molecule has 0 amide bonds. The lowest BCUT2D eigenvalue weighted by Gasteiger charge is -2.13. The predicted molar refractivity (Wildman–Crippen MR) is 91.7 cm³/mol. The smallest absolute Gasteiger partial charge is 0.191 e. The van der Waals surface area contributed by atoms with Crippen molar-refractivity contribution >= 4 is 21.9 Å². The van der Waals surface area contributed by atoms with Crippen molar-refractivity contribution in [3.8, 4) is 0 Å². The van der Waals surface area contributed by atoms with Crippen molar-refractivity contribution in [3.05, 3.63) is 46.2 Å². The number of hydrogen-bond acceptors (Lipinski definition) is 3. The minimum absolute atomic E-state index is 0.257. The Hall–Kier alpha value is -1.96. The quantitative estimate of drug-likeness (QED) is 0.592. The Morgan fingerprint density at radius 3 is 2.96 bits per heavy atom. The van der Waals surface area contributed by atoms with Crippen LogP contribution in [0.15, 0.2) is 34.0 Å². The summed E-state index contributed by atoms with van der Waals surface area (Å²) < 4.78 is 16.1. The van der Waals surface area contributed by atoms with Crippen molar-refractivity contribution in [1.29, 1.82) is 0 Å². The molecule has 8 heteroatoms. The van der Waals surface area contributed by atoms with E-state index in [9.17, 15) is 4.39 Å². The molecule has 0 atom stereocenters. The number of benzene rings is 1. The fourth-order valence-corrected chi connectivity index (χ4v) is 2.50. The monoisotopic (exact) mass is 382 g/mol. The molecule has 0 unspecified atom stereocenters. The number of aliphatic imine (C=N–C) groups is 1. The Morgan fingerprint density at radius 2 is 2.22 bits per heavy atom. The highest BCUT2D eigenvalue weighted by atomic mass is 79.9. The molecule has 1 aromatic heterocycles. The maximum Gasteiger partial charge on any atom is 0.191 e. The molecule has 0 bridgehead atoms. The molecule has 2 aromatic rings. The third kappa shape index (κ3) is 5.02. The predicted octanol–water partition coefficient (Wildman–Crippen LogP) is 2.11. The van der Waals surface area contributed by atoms with Crippen LogP contribution in [-0.2, 0) is 19.5 Å². The fraction of sp³-hybridized carbons (Fsp3) is 0.400. The molecule has 23 heavy (non-hydrogen) atoms. The molecular formula is C15H20BrFN6. The van der Waals surface area contributed by atoms with Crippen LogP contribution in [0.1, 0.15) is 18.3 Å². The molecule has 0 aliphatic rings. The molecule has 0 aliphatic heterocycles. The number of hydrogen-bond donors (Lipinski definition) is 2. The summed E-state index contributed by atoms with van der Waals surface area (Å²) in [5, 5.41) is 14.3. The highest BCUT2D eigenvalue weighted by molar-refractivity contribution is 9.10. The van der Waals surface area contributed by atoms with Gasteiger partial charge in [0.2, 0.25) is 0 Å². The average molecular weight is 383 g/mol. The lowest BCUT2D eigenvalue weighted by atomic mass is 10.2. The molecule has 6 nitrogen and oxygen atoms in total. The van der Waals surface area contributed by atoms with Crippen LogP contribution in [0, 0.1) is 5.82 Å². The van der Waals surface area contributed by atoms with Crippen molar-refractivity contribution in [2.75, 3.05) is 13.6 Å². The number of guanidine groups is 1. The van der Waals surface area contributed by atoms with Gasteiger partial charge in [0, 0.05) is 37.6 Å². The average Bonchev–Trinajstić information content (AvgIpc) is 3.01. The zero-order valence-corrected chi connectivity index (χ0v) is 14.8. The van der Waals surface area contributed by atoms with Gasteiger partial charge in [0.1, 0.15) is 18.0 Å². The van der Waals surface area contributed by atoms with E-state index in [1.54, 1.807) is 19.4 Å². The van der Waals surface area contributed by atoms with E-state index in [-0.39, 0.29) is 5.82 Å². The highest BCUT2D eigenvalue weighted by Gasteiger charge is 2.05. The van der Waals surface area contributed by atoms with Gasteiger partial charge in [0.15, 0.2) is 5.96 Å². The normalized spacial score (nSPS) is 11.6. The van der Waals surface area contributed by atoms with Gasteiger partial charge in [0.25, 0.3) is 0 Å². The Morgan fingerprint density at radius 1 is 1.39 bits per heavy atom. The van der Waals surface area contributed by atoms with Gasteiger partial charge < -0.3 is 15.2 Å². The van der Waals surface area contributed by atoms with Crippen molar-refractivity contribution < 1.29 is 4.39 Å². The van der Waals surface area contributed by atoms with Crippen molar-refractivity contribution in [1.82, 2.24) is 25.4 Å². The summed E-state index contributed by atoms with van der Waals surface area (Å²) in [6.45, 7) is 3.96. The Balaban J connectivity index is 1.83. The second kappa shape index (κ2) is 8.61. The zero-order chi connectivity index (χ0) is 16.7. The summed E-state index contributed by atoms with van der Waals surface area (Å²) in [7, 11) is 1.70. The second-order valence-corrected chi connectivity index (χ2v) is 5.74. The lowest BCUT2D eigenvalue weighted by molar-refractivity contribution is 0.622. The molecule has 0 spiro atoms. The lowest BCUT2D eigenvalue weighted by Crippen LogP contribution is -2.38. The number of nitrogens with one attached hydrogen (secondary N) is 2. The molecule has 124 valence electrons. The number of rotatable bonds is 6. The molecule has 0 fully saturated rings. The zero-order valence-electron chi connectivity index (χ0n) is 13.2. The van der Waals surface area contributed by atoms with E-state index >= 15 is 0 Å². The Bertz CT molecular complexity index is 670. The molecule has 0 aliphatic carbocycles. The summed E-state index contributed by atoms with van der Waals surface area (Å²) in [6, 6.07) is 4.61. The van der Waals surface area contributed by atoms with Gasteiger partial charge in [-0.05, 0) is 23.8 Å². The van der Waals surface area contributed by atoms with Gasteiger partial charge in [-0.25, -0.2) is 4.39 Å². The maximum atomic E-state index is 13.3. The molecule has 0 saturated carbocycles. The van der Waals surface area contributed by atoms with E-state index in [1.165, 1.54) is 12.1 Å². The van der Waals surface area contributed by atoms with Gasteiger partial charge in [-0.15, -0.1) is 10.2 Å². The van der Waals surface area contributed by atoms with E-state index in [4.69, 9.17) is 0 Å². The molecule has 2 N–H and O–H groups in total. The van der Waals surface area contributed by atoms with Crippen LogP contribution in [0.2, 0.25) is 0 Å². The maximum absolute atomic E-state index is 13.3. The highest BCUT2D eigenvalue weighted by Crippen LogP contribution is 2.17. The van der Waals surface area contributed by atoms with Crippen LogP contribution in [0.4, 0.5) is 4.39 Å². The second-order valence-electron chi connectivity index (χ2n) is 4.88. The van der Waals surface area contributed by atoms with Crippen LogP contribution in [0.3, 0.4) is 0 Å². The van der Waals surface area contributed by atoms with E-state index in [0.29, 0.717) is 19.0 Å². The first-order chi connectivity index (χ1) is 11.1. The van der Waals surface area contributed by atoms with Crippen LogP contribution in [0.5, 0.6) is 0 Å². The first-order valence-electron chi connectivity index (χ1n) is 7.39. The van der Waals surface area contributed by atoms with E-state index in [1.807, 2.05) is 11.5 Å².